The number of aryl methyl sites for hydroxylation is 1. The standard InChI is InChI=1S/C31H36FN5O3/c1-21-9-8-12-25(32)28(21)36-20-23-19-34-27(33-18-22-10-6-5-7-11-22)17-26(23)37(29(36)38)24-13-15-35(16-14-24)30(39)40-31(2,3)4/h5-12,17,19,24H,13-16,18,20H2,1-4H3,(H,33,34). The highest BCUT2D eigenvalue weighted by atomic mass is 19.1. The van der Waals surface area contributed by atoms with E-state index in [0.717, 1.165) is 16.8 Å². The number of carbonyl (C=O) groups excluding carboxylic acids is 2. The van der Waals surface area contributed by atoms with Crippen LogP contribution in [0.25, 0.3) is 0 Å². The molecule has 0 radical (unpaired) electrons. The third kappa shape index (κ3) is 5.88. The number of halogens is 1. The number of urea groups is 1. The fourth-order valence-corrected chi connectivity index (χ4v) is 5.30. The van der Waals surface area contributed by atoms with Gasteiger partial charge in [-0.2, -0.15) is 0 Å². The molecule has 2 aliphatic heterocycles. The topological polar surface area (TPSA) is 78.0 Å². The largest absolute Gasteiger partial charge is 0.444 e. The highest BCUT2D eigenvalue weighted by Crippen LogP contribution is 2.38. The summed E-state index contributed by atoms with van der Waals surface area (Å²) in [5.74, 6) is 0.215. The SMILES string of the molecule is Cc1cccc(F)c1N1Cc2cnc(NCc3ccccc3)cc2N(C2CCN(C(=O)OC(C)(C)C)CC2)C1=O. The Bertz CT molecular complexity index is 1360. The molecule has 3 aromatic rings. The third-order valence-electron chi connectivity index (χ3n) is 7.24. The van der Waals surface area contributed by atoms with Crippen LogP contribution in [0.5, 0.6) is 0 Å². The molecule has 5 rings (SSSR count). The minimum atomic E-state index is -0.579. The molecule has 40 heavy (non-hydrogen) atoms. The first-order chi connectivity index (χ1) is 19.1. The Morgan fingerprint density at radius 1 is 1.10 bits per heavy atom. The summed E-state index contributed by atoms with van der Waals surface area (Å²) >= 11 is 0. The fourth-order valence-electron chi connectivity index (χ4n) is 5.30. The Morgan fingerprint density at radius 3 is 2.50 bits per heavy atom. The van der Waals surface area contributed by atoms with Gasteiger partial charge in [0.05, 0.1) is 17.9 Å². The molecule has 3 heterocycles. The Kier molecular flexibility index (Phi) is 7.65. The summed E-state index contributed by atoms with van der Waals surface area (Å²) in [5, 5.41) is 3.36. The molecule has 210 valence electrons. The lowest BCUT2D eigenvalue weighted by Crippen LogP contribution is -2.56. The van der Waals surface area contributed by atoms with Crippen LogP contribution in [0.2, 0.25) is 0 Å². The van der Waals surface area contributed by atoms with Crippen LogP contribution in [-0.2, 0) is 17.8 Å². The maximum Gasteiger partial charge on any atom is 0.410 e. The molecular formula is C31H36FN5O3. The molecule has 1 aromatic heterocycles. The van der Waals surface area contributed by atoms with Crippen LogP contribution in [0.15, 0.2) is 60.8 Å². The van der Waals surface area contributed by atoms with E-state index in [1.165, 1.54) is 11.0 Å². The molecule has 1 N–H and O–H groups in total. The molecule has 0 aliphatic carbocycles. The van der Waals surface area contributed by atoms with Gasteiger partial charge >= 0.3 is 12.1 Å². The molecule has 0 spiro atoms. The second kappa shape index (κ2) is 11.2. The van der Waals surface area contributed by atoms with E-state index in [0.29, 0.717) is 43.9 Å². The Balaban J connectivity index is 1.44. The van der Waals surface area contributed by atoms with E-state index in [9.17, 15) is 9.59 Å². The van der Waals surface area contributed by atoms with E-state index in [1.807, 2.05) is 57.2 Å². The first-order valence-corrected chi connectivity index (χ1v) is 13.7. The number of ether oxygens (including phenoxy) is 1. The summed E-state index contributed by atoms with van der Waals surface area (Å²) in [5.41, 5.74) is 3.10. The number of amides is 3. The molecule has 0 unspecified atom stereocenters. The number of hydrogen-bond acceptors (Lipinski definition) is 5. The van der Waals surface area contributed by atoms with Crippen molar-refractivity contribution in [2.24, 2.45) is 0 Å². The van der Waals surface area contributed by atoms with Gasteiger partial charge in [0.15, 0.2) is 0 Å². The fraction of sp³-hybridized carbons (Fsp3) is 0.387. The van der Waals surface area contributed by atoms with E-state index in [4.69, 9.17) is 4.74 Å². The van der Waals surface area contributed by atoms with E-state index < -0.39 is 11.4 Å². The molecule has 0 saturated carbocycles. The number of para-hydroxylation sites is 1. The van der Waals surface area contributed by atoms with Crippen LogP contribution in [0.3, 0.4) is 0 Å². The normalized spacial score (nSPS) is 16.1. The van der Waals surface area contributed by atoms with Crippen LogP contribution in [0.4, 0.5) is 31.2 Å². The summed E-state index contributed by atoms with van der Waals surface area (Å²) in [6.45, 7) is 9.07. The van der Waals surface area contributed by atoms with Crippen molar-refractivity contribution >= 4 is 29.3 Å². The number of fused-ring (bicyclic) bond motifs is 1. The van der Waals surface area contributed by atoms with Crippen LogP contribution in [0.1, 0.15) is 50.3 Å². The van der Waals surface area contributed by atoms with Crippen LogP contribution < -0.4 is 15.1 Å². The highest BCUT2D eigenvalue weighted by Gasteiger charge is 2.39. The van der Waals surface area contributed by atoms with Crippen molar-refractivity contribution in [2.45, 2.75) is 65.3 Å². The van der Waals surface area contributed by atoms with Gasteiger partial charge in [0.25, 0.3) is 0 Å². The second-order valence-electron chi connectivity index (χ2n) is 11.4. The molecule has 2 aromatic carbocycles. The molecule has 0 bridgehead atoms. The summed E-state index contributed by atoms with van der Waals surface area (Å²) in [6.07, 6.45) is 2.56. The molecular weight excluding hydrogens is 509 g/mol. The van der Waals surface area contributed by atoms with Gasteiger partial charge in [-0.25, -0.2) is 19.0 Å². The predicted molar refractivity (Wildman–Crippen MR) is 154 cm³/mol. The molecule has 9 heteroatoms. The van der Waals surface area contributed by atoms with Gasteiger partial charge in [-0.1, -0.05) is 42.5 Å². The summed E-state index contributed by atoms with van der Waals surface area (Å²) in [7, 11) is 0. The average molecular weight is 546 g/mol. The number of benzene rings is 2. The van der Waals surface area contributed by atoms with E-state index in [1.54, 1.807) is 35.1 Å². The van der Waals surface area contributed by atoms with Gasteiger partial charge in [0.2, 0.25) is 0 Å². The van der Waals surface area contributed by atoms with Crippen molar-refractivity contribution in [2.75, 3.05) is 28.2 Å². The van der Waals surface area contributed by atoms with Gasteiger partial charge in [-0.05, 0) is 57.7 Å². The zero-order chi connectivity index (χ0) is 28.4. The summed E-state index contributed by atoms with van der Waals surface area (Å²) in [4.78, 5) is 36.4. The number of nitrogens with one attached hydrogen (secondary N) is 1. The Labute approximate surface area is 234 Å². The van der Waals surface area contributed by atoms with E-state index >= 15 is 4.39 Å². The van der Waals surface area contributed by atoms with Gasteiger partial charge in [-0.15, -0.1) is 0 Å². The van der Waals surface area contributed by atoms with Gasteiger partial charge in [0, 0.05) is 43.5 Å². The van der Waals surface area contributed by atoms with Crippen molar-refractivity contribution in [1.29, 1.82) is 0 Å². The van der Waals surface area contributed by atoms with Crippen molar-refractivity contribution < 1.29 is 18.7 Å². The molecule has 0 atom stereocenters. The van der Waals surface area contributed by atoms with Crippen LogP contribution >= 0.6 is 0 Å². The van der Waals surface area contributed by atoms with Gasteiger partial charge in [0.1, 0.15) is 17.2 Å². The lowest BCUT2D eigenvalue weighted by atomic mass is 9.99. The predicted octanol–water partition coefficient (Wildman–Crippen LogP) is 6.49. The number of carbonyl (C=O) groups is 2. The van der Waals surface area contributed by atoms with Crippen LogP contribution in [0, 0.1) is 12.7 Å². The number of pyridine rings is 1. The number of rotatable bonds is 5. The van der Waals surface area contributed by atoms with Crippen LogP contribution in [-0.4, -0.2) is 46.7 Å². The third-order valence-corrected chi connectivity index (χ3v) is 7.24. The quantitative estimate of drug-likeness (QED) is 0.397. The molecule has 3 amide bonds. The van der Waals surface area contributed by atoms with Crippen molar-refractivity contribution in [3.8, 4) is 0 Å². The first-order valence-electron chi connectivity index (χ1n) is 13.7. The van der Waals surface area contributed by atoms with Crippen molar-refractivity contribution in [3.05, 3.63) is 83.3 Å². The molecule has 1 saturated heterocycles. The minimum absolute atomic E-state index is 0.177. The maximum atomic E-state index is 15.1. The maximum absolute atomic E-state index is 15.1. The van der Waals surface area contributed by atoms with Crippen molar-refractivity contribution in [1.82, 2.24) is 9.88 Å². The van der Waals surface area contributed by atoms with Gasteiger partial charge in [-0.3, -0.25) is 9.80 Å². The first kappa shape index (κ1) is 27.4. The van der Waals surface area contributed by atoms with E-state index in [-0.39, 0.29) is 30.4 Å². The Hall–Kier alpha value is -4.14. The number of piperidine rings is 1. The average Bonchev–Trinajstić information content (AvgIpc) is 2.92. The highest BCUT2D eigenvalue weighted by molar-refractivity contribution is 6.07. The summed E-state index contributed by atoms with van der Waals surface area (Å²) < 4.78 is 20.6. The molecule has 2 aliphatic rings. The minimum Gasteiger partial charge on any atom is -0.444 e. The molecule has 1 fully saturated rings. The number of anilines is 3. The number of likely N-dealkylation sites (tertiary alicyclic amines) is 1. The smallest absolute Gasteiger partial charge is 0.410 e. The lowest BCUT2D eigenvalue weighted by Gasteiger charge is -2.44. The van der Waals surface area contributed by atoms with Gasteiger partial charge < -0.3 is 15.0 Å². The zero-order valence-corrected chi connectivity index (χ0v) is 23.5. The second-order valence-corrected chi connectivity index (χ2v) is 11.4. The number of nitrogens with zero attached hydrogens (tertiary/aromatic N) is 4. The number of hydrogen-bond donors (Lipinski definition) is 1. The Morgan fingerprint density at radius 2 is 1.82 bits per heavy atom. The number of aromatic nitrogens is 1. The van der Waals surface area contributed by atoms with E-state index in [2.05, 4.69) is 10.3 Å². The lowest BCUT2D eigenvalue weighted by molar-refractivity contribution is 0.0206. The summed E-state index contributed by atoms with van der Waals surface area (Å²) in [6, 6.07) is 16.3. The molecule has 8 nitrogen and oxygen atoms in total. The van der Waals surface area contributed by atoms with Crippen molar-refractivity contribution in [3.63, 3.8) is 0 Å². The monoisotopic (exact) mass is 545 g/mol. The zero-order valence-electron chi connectivity index (χ0n) is 23.5.